The molecule has 26 heavy (non-hydrogen) atoms. The van der Waals surface area contributed by atoms with Crippen molar-refractivity contribution in [3.63, 3.8) is 0 Å². The van der Waals surface area contributed by atoms with Crippen molar-refractivity contribution in [2.75, 3.05) is 5.32 Å². The van der Waals surface area contributed by atoms with E-state index >= 15 is 0 Å². The molecule has 7 heteroatoms. The molecule has 2 N–H and O–H groups in total. The van der Waals surface area contributed by atoms with Crippen LogP contribution >= 0.6 is 0 Å². The Kier molecular flexibility index (Phi) is 4.44. The standard InChI is InChI=1S/C19H22FN5O/c1-2-10-25-15-16(22-17(25)12-6-3-4-7-12)23-19(24-18(15)26)21-14-9-5-8-13(20)11-14/h5,8-9,11-12H,2-4,6-7,10H2,1H3,(H2,21,23,24,26). The van der Waals surface area contributed by atoms with Gasteiger partial charge in [0.05, 0.1) is 0 Å². The van der Waals surface area contributed by atoms with Gasteiger partial charge in [-0.15, -0.1) is 0 Å². The molecule has 0 bridgehead atoms. The van der Waals surface area contributed by atoms with Crippen LogP contribution in [0.5, 0.6) is 0 Å². The number of aryl methyl sites for hydroxylation is 1. The summed E-state index contributed by atoms with van der Waals surface area (Å²) in [7, 11) is 0. The zero-order valence-electron chi connectivity index (χ0n) is 14.8. The predicted octanol–water partition coefficient (Wildman–Crippen LogP) is 4.07. The molecule has 136 valence electrons. The molecule has 0 unspecified atom stereocenters. The van der Waals surface area contributed by atoms with Crippen LogP contribution in [0, 0.1) is 5.82 Å². The third-order valence-electron chi connectivity index (χ3n) is 4.90. The maximum Gasteiger partial charge on any atom is 0.278 e. The van der Waals surface area contributed by atoms with Gasteiger partial charge in [-0.25, -0.2) is 9.37 Å². The molecule has 1 aliphatic carbocycles. The van der Waals surface area contributed by atoms with E-state index in [1.165, 1.54) is 25.0 Å². The molecule has 6 nitrogen and oxygen atoms in total. The fraction of sp³-hybridized carbons (Fsp3) is 0.421. The van der Waals surface area contributed by atoms with Gasteiger partial charge in [0.1, 0.15) is 11.6 Å². The van der Waals surface area contributed by atoms with E-state index in [0.717, 1.165) is 31.6 Å². The van der Waals surface area contributed by atoms with Crippen LogP contribution in [0.1, 0.15) is 50.8 Å². The maximum atomic E-state index is 13.4. The fourth-order valence-electron chi connectivity index (χ4n) is 3.77. The fourth-order valence-corrected chi connectivity index (χ4v) is 3.77. The van der Waals surface area contributed by atoms with Crippen molar-refractivity contribution in [3.05, 3.63) is 46.3 Å². The normalized spacial score (nSPS) is 15.0. The number of rotatable bonds is 5. The molecule has 1 saturated carbocycles. The zero-order valence-corrected chi connectivity index (χ0v) is 14.8. The Labute approximate surface area is 150 Å². The van der Waals surface area contributed by atoms with Crippen LogP contribution in [-0.4, -0.2) is 19.5 Å². The zero-order chi connectivity index (χ0) is 18.1. The summed E-state index contributed by atoms with van der Waals surface area (Å²) in [5.41, 5.74) is 1.28. The molecule has 0 amide bonds. The topological polar surface area (TPSA) is 75.6 Å². The lowest BCUT2D eigenvalue weighted by molar-refractivity contribution is 0.584. The monoisotopic (exact) mass is 355 g/mol. The minimum Gasteiger partial charge on any atom is -0.326 e. The second kappa shape index (κ2) is 6.90. The van der Waals surface area contributed by atoms with Crippen molar-refractivity contribution >= 4 is 22.8 Å². The van der Waals surface area contributed by atoms with Crippen molar-refractivity contribution in [2.45, 2.75) is 51.5 Å². The Bertz CT molecular complexity index is 987. The molecular weight excluding hydrogens is 333 g/mol. The van der Waals surface area contributed by atoms with E-state index < -0.39 is 0 Å². The number of fused-ring (bicyclic) bond motifs is 1. The molecular formula is C19H22FN5O. The minimum absolute atomic E-state index is 0.223. The highest BCUT2D eigenvalue weighted by atomic mass is 19.1. The highest BCUT2D eigenvalue weighted by Gasteiger charge is 2.25. The number of hydrogen-bond donors (Lipinski definition) is 2. The molecule has 0 saturated heterocycles. The van der Waals surface area contributed by atoms with E-state index in [2.05, 4.69) is 22.2 Å². The summed E-state index contributed by atoms with van der Waals surface area (Å²) in [6, 6.07) is 6.03. The Hall–Kier alpha value is -2.70. The van der Waals surface area contributed by atoms with Crippen molar-refractivity contribution in [3.8, 4) is 0 Å². The largest absolute Gasteiger partial charge is 0.326 e. The third-order valence-corrected chi connectivity index (χ3v) is 4.90. The average Bonchev–Trinajstić information content (AvgIpc) is 3.23. The van der Waals surface area contributed by atoms with E-state index in [9.17, 15) is 9.18 Å². The molecule has 3 aromatic rings. The number of aromatic amines is 1. The third kappa shape index (κ3) is 3.09. The molecule has 1 aliphatic rings. The molecule has 2 heterocycles. The van der Waals surface area contributed by atoms with Gasteiger partial charge < -0.3 is 9.88 Å². The minimum atomic E-state index is -0.353. The Morgan fingerprint density at radius 1 is 1.31 bits per heavy atom. The first-order chi connectivity index (χ1) is 12.7. The lowest BCUT2D eigenvalue weighted by Gasteiger charge is -2.12. The predicted molar refractivity (Wildman–Crippen MR) is 99.3 cm³/mol. The number of nitrogens with zero attached hydrogens (tertiary/aromatic N) is 3. The first-order valence-corrected chi connectivity index (χ1v) is 9.18. The molecule has 2 aromatic heterocycles. The molecule has 1 fully saturated rings. The summed E-state index contributed by atoms with van der Waals surface area (Å²) in [5.74, 6) is 1.29. The number of H-pyrrole nitrogens is 1. The first kappa shape index (κ1) is 16.8. The number of benzene rings is 1. The van der Waals surface area contributed by atoms with Gasteiger partial charge in [-0.1, -0.05) is 25.8 Å². The van der Waals surface area contributed by atoms with Crippen LogP contribution in [0.2, 0.25) is 0 Å². The Balaban J connectivity index is 1.77. The number of anilines is 2. The smallest absolute Gasteiger partial charge is 0.278 e. The quantitative estimate of drug-likeness (QED) is 0.723. The molecule has 4 rings (SSSR count). The van der Waals surface area contributed by atoms with Crippen LogP contribution in [0.4, 0.5) is 16.0 Å². The SMILES string of the molecule is CCCn1c(C2CCCC2)nc2nc(Nc3cccc(F)c3)[nH]c(=O)c21. The van der Waals surface area contributed by atoms with Crippen LogP contribution in [0.15, 0.2) is 29.1 Å². The van der Waals surface area contributed by atoms with Crippen molar-refractivity contribution in [2.24, 2.45) is 0 Å². The van der Waals surface area contributed by atoms with Gasteiger partial charge in [0.2, 0.25) is 5.95 Å². The van der Waals surface area contributed by atoms with Crippen LogP contribution in [-0.2, 0) is 6.54 Å². The summed E-state index contributed by atoms with van der Waals surface area (Å²) in [5, 5.41) is 2.95. The van der Waals surface area contributed by atoms with Gasteiger partial charge in [-0.3, -0.25) is 9.78 Å². The lowest BCUT2D eigenvalue weighted by Crippen LogP contribution is -2.16. The van der Waals surface area contributed by atoms with Crippen LogP contribution in [0.25, 0.3) is 11.2 Å². The number of aromatic nitrogens is 4. The number of halogens is 1. The average molecular weight is 355 g/mol. The first-order valence-electron chi connectivity index (χ1n) is 9.18. The van der Waals surface area contributed by atoms with Crippen molar-refractivity contribution in [1.29, 1.82) is 0 Å². The van der Waals surface area contributed by atoms with Crippen LogP contribution < -0.4 is 10.9 Å². The van der Waals surface area contributed by atoms with E-state index in [4.69, 9.17) is 4.98 Å². The highest BCUT2D eigenvalue weighted by Crippen LogP contribution is 2.34. The lowest BCUT2D eigenvalue weighted by atomic mass is 10.1. The van der Waals surface area contributed by atoms with Crippen LogP contribution in [0.3, 0.4) is 0 Å². The Morgan fingerprint density at radius 2 is 2.12 bits per heavy atom. The van der Waals surface area contributed by atoms with Gasteiger partial charge >= 0.3 is 0 Å². The number of hydrogen-bond acceptors (Lipinski definition) is 4. The Morgan fingerprint density at radius 3 is 2.85 bits per heavy atom. The van der Waals surface area contributed by atoms with E-state index in [0.29, 0.717) is 22.8 Å². The second-order valence-electron chi connectivity index (χ2n) is 6.83. The number of nitrogens with one attached hydrogen (secondary N) is 2. The molecule has 0 radical (unpaired) electrons. The van der Waals surface area contributed by atoms with E-state index in [-0.39, 0.29) is 17.3 Å². The molecule has 0 spiro atoms. The van der Waals surface area contributed by atoms with E-state index in [1.807, 2.05) is 4.57 Å². The summed E-state index contributed by atoms with van der Waals surface area (Å²) >= 11 is 0. The molecule has 1 aromatic carbocycles. The summed E-state index contributed by atoms with van der Waals surface area (Å²) in [6.07, 6.45) is 5.55. The van der Waals surface area contributed by atoms with Gasteiger partial charge in [-0.2, -0.15) is 4.98 Å². The highest BCUT2D eigenvalue weighted by molar-refractivity contribution is 5.73. The van der Waals surface area contributed by atoms with Crippen molar-refractivity contribution < 1.29 is 4.39 Å². The second-order valence-corrected chi connectivity index (χ2v) is 6.83. The van der Waals surface area contributed by atoms with Crippen molar-refractivity contribution in [1.82, 2.24) is 19.5 Å². The molecule has 0 aliphatic heterocycles. The van der Waals surface area contributed by atoms with Gasteiger partial charge in [0.25, 0.3) is 5.56 Å². The van der Waals surface area contributed by atoms with E-state index in [1.54, 1.807) is 12.1 Å². The summed E-state index contributed by atoms with van der Waals surface area (Å²) < 4.78 is 15.4. The van der Waals surface area contributed by atoms with Gasteiger partial charge in [0.15, 0.2) is 11.2 Å². The summed E-state index contributed by atoms with van der Waals surface area (Å²) in [4.78, 5) is 24.7. The summed E-state index contributed by atoms with van der Waals surface area (Å²) in [6.45, 7) is 2.84. The molecule has 0 atom stereocenters. The van der Waals surface area contributed by atoms with Gasteiger partial charge in [-0.05, 0) is 37.5 Å². The maximum absolute atomic E-state index is 13.4. The van der Waals surface area contributed by atoms with Gasteiger partial charge in [0, 0.05) is 18.2 Å². The number of imidazole rings is 1.